The summed E-state index contributed by atoms with van der Waals surface area (Å²) in [5.41, 5.74) is 0.759. The molecule has 9 nitrogen and oxygen atoms in total. The van der Waals surface area contributed by atoms with E-state index in [1.165, 1.54) is 10.6 Å². The van der Waals surface area contributed by atoms with Crippen LogP contribution < -0.4 is 0 Å². The molecule has 3 rings (SSSR count). The molecule has 2 saturated heterocycles. The molecule has 3 heterocycles. The number of piperidine rings is 1. The van der Waals surface area contributed by atoms with Crippen molar-refractivity contribution in [1.82, 2.24) is 14.2 Å². The topological polar surface area (TPSA) is 117 Å². The second-order valence-corrected chi connectivity index (χ2v) is 9.20. The lowest BCUT2D eigenvalue weighted by molar-refractivity contribution is -0.192. The molecule has 1 amide bonds. The molecule has 174 valence electrons. The first-order valence-corrected chi connectivity index (χ1v) is 11.3. The molecule has 2 atom stereocenters. The molecule has 2 aliphatic heterocycles. The van der Waals surface area contributed by atoms with E-state index in [1.807, 2.05) is 23.1 Å². The molecule has 1 aromatic heterocycles. The molecule has 1 N–H and O–H groups in total. The number of halogens is 3. The Morgan fingerprint density at radius 2 is 1.94 bits per heavy atom. The van der Waals surface area contributed by atoms with Gasteiger partial charge in [0, 0.05) is 44.0 Å². The number of rotatable bonds is 3. The highest BCUT2D eigenvalue weighted by Gasteiger charge is 2.38. The molecule has 31 heavy (non-hydrogen) atoms. The first-order chi connectivity index (χ1) is 14.4. The van der Waals surface area contributed by atoms with Crippen LogP contribution in [0.1, 0.15) is 12.1 Å². The standard InChI is InChI=1S/C16H23N3O4S.C2HF3O2/c1-24(21,22)19-8-9-23-15-12-18(7-5-13(15)11-19)16(20)10-14-4-2-3-6-17-14;3-2(4,5)1(6)7/h2-4,6,13,15H,5,7-12H2,1H3;(H,6,7)/t13-,15-;/m1./s1. The van der Waals surface area contributed by atoms with Gasteiger partial charge in [-0.1, -0.05) is 6.07 Å². The van der Waals surface area contributed by atoms with Crippen molar-refractivity contribution in [2.75, 3.05) is 39.0 Å². The molecule has 1 aromatic rings. The van der Waals surface area contributed by atoms with Gasteiger partial charge < -0.3 is 14.7 Å². The zero-order valence-corrected chi connectivity index (χ0v) is 17.6. The number of carbonyl (C=O) groups excluding carboxylic acids is 1. The number of pyridine rings is 1. The van der Waals surface area contributed by atoms with Crippen LogP contribution in [0.2, 0.25) is 0 Å². The summed E-state index contributed by atoms with van der Waals surface area (Å²) in [6.07, 6.45) is -1.22. The largest absolute Gasteiger partial charge is 0.490 e. The Morgan fingerprint density at radius 3 is 2.48 bits per heavy atom. The van der Waals surface area contributed by atoms with Gasteiger partial charge in [0.15, 0.2) is 0 Å². The predicted molar refractivity (Wildman–Crippen MR) is 102 cm³/mol. The molecule has 0 bridgehead atoms. The number of carboxylic acids is 1. The van der Waals surface area contributed by atoms with Crippen molar-refractivity contribution in [2.24, 2.45) is 5.92 Å². The summed E-state index contributed by atoms with van der Waals surface area (Å²) in [6.45, 7) is 2.39. The first kappa shape index (κ1) is 25.0. The van der Waals surface area contributed by atoms with Crippen molar-refractivity contribution in [3.63, 3.8) is 0 Å². The van der Waals surface area contributed by atoms with Crippen molar-refractivity contribution in [2.45, 2.75) is 25.1 Å². The zero-order chi connectivity index (χ0) is 23.2. The highest BCUT2D eigenvalue weighted by Crippen LogP contribution is 2.25. The number of sulfonamides is 1. The number of alkyl halides is 3. The lowest BCUT2D eigenvalue weighted by Gasteiger charge is -2.37. The van der Waals surface area contributed by atoms with Crippen molar-refractivity contribution in [1.29, 1.82) is 0 Å². The van der Waals surface area contributed by atoms with Crippen LogP contribution in [0, 0.1) is 5.92 Å². The van der Waals surface area contributed by atoms with Crippen molar-refractivity contribution < 1.29 is 41.0 Å². The fraction of sp³-hybridized carbons (Fsp3) is 0.611. The van der Waals surface area contributed by atoms with E-state index in [1.54, 1.807) is 6.20 Å². The highest BCUT2D eigenvalue weighted by atomic mass is 32.2. The lowest BCUT2D eigenvalue weighted by Crippen LogP contribution is -2.49. The number of hydrogen-bond acceptors (Lipinski definition) is 6. The van der Waals surface area contributed by atoms with Gasteiger partial charge in [-0.2, -0.15) is 17.5 Å². The molecule has 0 aromatic carbocycles. The van der Waals surface area contributed by atoms with E-state index in [9.17, 15) is 26.4 Å². The number of carbonyl (C=O) groups is 2. The molecule has 2 aliphatic rings. The Labute approximate surface area is 177 Å². The maximum atomic E-state index is 12.5. The van der Waals surface area contributed by atoms with E-state index in [2.05, 4.69) is 4.98 Å². The van der Waals surface area contributed by atoms with Gasteiger partial charge in [-0.05, 0) is 18.6 Å². The summed E-state index contributed by atoms with van der Waals surface area (Å²) < 4.78 is 62.6. The fourth-order valence-corrected chi connectivity index (χ4v) is 4.19. The number of hydrogen-bond donors (Lipinski definition) is 1. The third kappa shape index (κ3) is 7.74. The normalized spacial score (nSPS) is 22.5. The van der Waals surface area contributed by atoms with Crippen molar-refractivity contribution >= 4 is 21.9 Å². The molecule has 0 unspecified atom stereocenters. The van der Waals surface area contributed by atoms with E-state index in [-0.39, 0.29) is 24.3 Å². The second-order valence-electron chi connectivity index (χ2n) is 7.22. The summed E-state index contributed by atoms with van der Waals surface area (Å²) in [4.78, 5) is 27.4. The molecule has 13 heteroatoms. The van der Waals surface area contributed by atoms with Crippen molar-refractivity contribution in [3.05, 3.63) is 30.1 Å². The minimum Gasteiger partial charge on any atom is -0.475 e. The van der Waals surface area contributed by atoms with Gasteiger partial charge in [0.2, 0.25) is 15.9 Å². The van der Waals surface area contributed by atoms with E-state index in [4.69, 9.17) is 14.6 Å². The molecule has 0 radical (unpaired) electrons. The smallest absolute Gasteiger partial charge is 0.475 e. The van der Waals surface area contributed by atoms with Gasteiger partial charge in [-0.3, -0.25) is 9.78 Å². The summed E-state index contributed by atoms with van der Waals surface area (Å²) in [7, 11) is -3.21. The SMILES string of the molecule is CS(=O)(=O)N1CCO[C@@H]2CN(C(=O)Cc3ccccn3)CC[C@@H]2C1.O=C(O)C(F)(F)F. The van der Waals surface area contributed by atoms with E-state index in [0.717, 1.165) is 12.1 Å². The van der Waals surface area contributed by atoms with Crippen LogP contribution in [0.5, 0.6) is 0 Å². The van der Waals surface area contributed by atoms with Gasteiger partial charge in [0.25, 0.3) is 0 Å². The van der Waals surface area contributed by atoms with E-state index >= 15 is 0 Å². The fourth-order valence-electron chi connectivity index (χ4n) is 3.32. The third-order valence-electron chi connectivity index (χ3n) is 4.93. The summed E-state index contributed by atoms with van der Waals surface area (Å²) in [5, 5.41) is 7.12. The Bertz CT molecular complexity index is 866. The molecule has 0 saturated carbocycles. The number of amides is 1. The monoisotopic (exact) mass is 467 g/mol. The van der Waals surface area contributed by atoms with Crippen molar-refractivity contribution in [3.8, 4) is 0 Å². The Balaban J connectivity index is 0.000000423. The minimum absolute atomic E-state index is 0.0416. The quantitative estimate of drug-likeness (QED) is 0.698. The minimum atomic E-state index is -5.08. The Morgan fingerprint density at radius 1 is 1.26 bits per heavy atom. The van der Waals surface area contributed by atoms with Gasteiger partial charge in [0.05, 0.1) is 25.4 Å². The number of carboxylic acid groups (broad SMARTS) is 1. The third-order valence-corrected chi connectivity index (χ3v) is 6.20. The number of aliphatic carboxylic acids is 1. The van der Waals surface area contributed by atoms with Crippen LogP contribution in [0.25, 0.3) is 0 Å². The molecule has 0 aliphatic carbocycles. The van der Waals surface area contributed by atoms with Gasteiger partial charge in [-0.15, -0.1) is 0 Å². The predicted octanol–water partition coefficient (Wildman–Crippen LogP) is 0.766. The molecule has 0 spiro atoms. The van der Waals surface area contributed by atoms with Crippen LogP contribution >= 0.6 is 0 Å². The van der Waals surface area contributed by atoms with E-state index in [0.29, 0.717) is 32.8 Å². The van der Waals surface area contributed by atoms with Crippen LogP contribution in [-0.2, 0) is 30.8 Å². The summed E-state index contributed by atoms with van der Waals surface area (Å²) >= 11 is 0. The lowest BCUT2D eigenvalue weighted by atomic mass is 9.93. The Hall–Kier alpha value is -2.25. The number of likely N-dealkylation sites (tertiary alicyclic amines) is 1. The van der Waals surface area contributed by atoms with E-state index < -0.39 is 22.2 Å². The zero-order valence-electron chi connectivity index (χ0n) is 16.8. The number of nitrogens with zero attached hydrogens (tertiary/aromatic N) is 3. The van der Waals surface area contributed by atoms with Crippen LogP contribution in [0.15, 0.2) is 24.4 Å². The number of ether oxygens (including phenoxy) is 1. The average molecular weight is 467 g/mol. The van der Waals surface area contributed by atoms with Gasteiger partial charge in [0.1, 0.15) is 0 Å². The van der Waals surface area contributed by atoms with Crippen LogP contribution in [0.3, 0.4) is 0 Å². The average Bonchev–Trinajstić information content (AvgIpc) is 2.90. The van der Waals surface area contributed by atoms with Crippen LogP contribution in [0.4, 0.5) is 13.2 Å². The maximum Gasteiger partial charge on any atom is 0.490 e. The number of fused-ring (bicyclic) bond motifs is 1. The van der Waals surface area contributed by atoms with Gasteiger partial charge >= 0.3 is 12.1 Å². The highest BCUT2D eigenvalue weighted by molar-refractivity contribution is 7.88. The number of aromatic nitrogens is 1. The Kier molecular flexibility index (Phi) is 8.37. The molecular formula is C18H24F3N3O6S. The van der Waals surface area contributed by atoms with Crippen LogP contribution in [-0.4, -0.2) is 90.9 Å². The second kappa shape index (κ2) is 10.4. The maximum absolute atomic E-state index is 12.5. The first-order valence-electron chi connectivity index (χ1n) is 9.42. The summed E-state index contributed by atoms with van der Waals surface area (Å²) in [6, 6.07) is 5.54. The summed E-state index contributed by atoms with van der Waals surface area (Å²) in [5.74, 6) is -2.58. The van der Waals surface area contributed by atoms with Gasteiger partial charge in [-0.25, -0.2) is 13.2 Å². The molecular weight excluding hydrogens is 443 g/mol. The molecule has 2 fully saturated rings.